The van der Waals surface area contributed by atoms with Gasteiger partial charge in [0.15, 0.2) is 0 Å². The fourth-order valence-corrected chi connectivity index (χ4v) is 2.47. The van der Waals surface area contributed by atoms with Crippen molar-refractivity contribution in [1.29, 1.82) is 0 Å². The summed E-state index contributed by atoms with van der Waals surface area (Å²) >= 11 is 0. The molecule has 2 heterocycles. The van der Waals surface area contributed by atoms with E-state index in [-0.39, 0.29) is 5.91 Å². The molecule has 1 unspecified atom stereocenters. The molecule has 21 heavy (non-hydrogen) atoms. The normalized spacial score (nSPS) is 18.8. The molecule has 2 aromatic rings. The molecule has 1 fully saturated rings. The first-order chi connectivity index (χ1) is 10.1. The van der Waals surface area contributed by atoms with E-state index in [1.54, 1.807) is 11.1 Å². The van der Waals surface area contributed by atoms with Gasteiger partial charge in [0.05, 0.1) is 17.0 Å². The largest absolute Gasteiger partial charge is 0.481 e. The molecule has 2 N–H and O–H groups in total. The molecule has 6 nitrogen and oxygen atoms in total. The van der Waals surface area contributed by atoms with Gasteiger partial charge in [-0.1, -0.05) is 18.2 Å². The fourth-order valence-electron chi connectivity index (χ4n) is 2.47. The van der Waals surface area contributed by atoms with Gasteiger partial charge in [-0.15, -0.1) is 0 Å². The smallest absolute Gasteiger partial charge is 0.307 e. The number of amides is 1. The zero-order valence-electron chi connectivity index (χ0n) is 11.3. The number of nitrogens with zero attached hydrogens (tertiary/aromatic N) is 2. The second-order valence-electron chi connectivity index (χ2n) is 5.13. The molecule has 108 valence electrons. The second kappa shape index (κ2) is 5.49. The molecular weight excluding hydrogens is 270 g/mol. The van der Waals surface area contributed by atoms with E-state index in [0.717, 1.165) is 10.9 Å². The number of nitrogens with one attached hydrogen (secondary N) is 1. The minimum atomic E-state index is -0.820. The highest BCUT2D eigenvalue weighted by molar-refractivity contribution is 5.97. The molecule has 3 rings (SSSR count). The van der Waals surface area contributed by atoms with E-state index in [4.69, 9.17) is 5.11 Å². The van der Waals surface area contributed by atoms with Gasteiger partial charge in [-0.2, -0.15) is 0 Å². The number of fused-ring (bicyclic) bond motifs is 1. The summed E-state index contributed by atoms with van der Waals surface area (Å²) in [6, 6.07) is 9.35. The number of pyridine rings is 1. The third-order valence-electron chi connectivity index (χ3n) is 3.65. The predicted octanol–water partition coefficient (Wildman–Crippen LogP) is 1.29. The number of benzene rings is 1. The van der Waals surface area contributed by atoms with Crippen LogP contribution in [0.4, 0.5) is 0 Å². The van der Waals surface area contributed by atoms with Gasteiger partial charge >= 0.3 is 5.97 Å². The Morgan fingerprint density at radius 2 is 2.14 bits per heavy atom. The first kappa shape index (κ1) is 13.5. The molecule has 0 radical (unpaired) electrons. The molecule has 0 spiro atoms. The molecule has 0 saturated carbocycles. The molecule has 1 atom stereocenters. The van der Waals surface area contributed by atoms with Gasteiger partial charge in [-0.3, -0.25) is 20.0 Å². The maximum Gasteiger partial charge on any atom is 0.307 e. The van der Waals surface area contributed by atoms with Crippen LogP contribution in [0.5, 0.6) is 0 Å². The van der Waals surface area contributed by atoms with Crippen molar-refractivity contribution in [1.82, 2.24) is 15.4 Å². The number of carboxylic acid groups (broad SMARTS) is 1. The van der Waals surface area contributed by atoms with Crippen LogP contribution >= 0.6 is 0 Å². The Hall–Kier alpha value is -2.47. The lowest BCUT2D eigenvalue weighted by atomic mass is 10.1. The first-order valence-electron chi connectivity index (χ1n) is 6.77. The van der Waals surface area contributed by atoms with E-state index in [1.807, 2.05) is 24.3 Å². The number of aromatic nitrogens is 1. The quantitative estimate of drug-likeness (QED) is 0.888. The maximum atomic E-state index is 12.2. The Labute approximate surface area is 121 Å². The lowest BCUT2D eigenvalue weighted by molar-refractivity contribution is -0.141. The molecule has 1 aromatic heterocycles. The van der Waals surface area contributed by atoms with Crippen LogP contribution in [0.15, 0.2) is 36.5 Å². The summed E-state index contributed by atoms with van der Waals surface area (Å²) in [5, 5.41) is 11.5. The number of hydrazine groups is 1. The van der Waals surface area contributed by atoms with Gasteiger partial charge < -0.3 is 5.11 Å². The van der Waals surface area contributed by atoms with Gasteiger partial charge in [0.1, 0.15) is 0 Å². The van der Waals surface area contributed by atoms with Crippen molar-refractivity contribution in [2.45, 2.75) is 6.42 Å². The molecule has 1 aliphatic heterocycles. The highest BCUT2D eigenvalue weighted by atomic mass is 16.4. The standard InChI is InChI=1S/C15H15N3O3/c19-14(17-18-6-5-11(9-18)15(20)21)12-7-10-3-1-2-4-13(10)16-8-12/h1-4,7-8,11H,5-6,9H2,(H,17,19)(H,20,21). The van der Waals surface area contributed by atoms with Crippen LogP contribution in [0.1, 0.15) is 16.8 Å². The Kier molecular flexibility index (Phi) is 3.53. The monoisotopic (exact) mass is 285 g/mol. The van der Waals surface area contributed by atoms with Crippen molar-refractivity contribution < 1.29 is 14.7 Å². The third-order valence-corrected chi connectivity index (χ3v) is 3.65. The van der Waals surface area contributed by atoms with Crippen LogP contribution < -0.4 is 5.43 Å². The zero-order chi connectivity index (χ0) is 14.8. The number of hydrogen-bond donors (Lipinski definition) is 2. The Morgan fingerprint density at radius 1 is 1.33 bits per heavy atom. The summed E-state index contributed by atoms with van der Waals surface area (Å²) in [7, 11) is 0. The molecular formula is C15H15N3O3. The molecule has 0 aliphatic carbocycles. The second-order valence-corrected chi connectivity index (χ2v) is 5.13. The average Bonchev–Trinajstić information content (AvgIpc) is 2.95. The van der Waals surface area contributed by atoms with Crippen LogP contribution in [-0.2, 0) is 4.79 Å². The van der Waals surface area contributed by atoms with Gasteiger partial charge in [0.2, 0.25) is 0 Å². The lowest BCUT2D eigenvalue weighted by Crippen LogP contribution is -2.41. The SMILES string of the molecule is O=C(NN1CCC(C(=O)O)C1)c1cnc2ccccc2c1. The minimum absolute atomic E-state index is 0.265. The number of hydrogen-bond acceptors (Lipinski definition) is 4. The molecule has 1 aromatic carbocycles. The van der Waals surface area contributed by atoms with Crippen LogP contribution in [0.3, 0.4) is 0 Å². The predicted molar refractivity (Wildman–Crippen MR) is 76.5 cm³/mol. The van der Waals surface area contributed by atoms with Crippen molar-refractivity contribution in [2.75, 3.05) is 13.1 Å². The van der Waals surface area contributed by atoms with E-state index in [1.165, 1.54) is 6.20 Å². The van der Waals surface area contributed by atoms with Crippen molar-refractivity contribution in [3.63, 3.8) is 0 Å². The molecule has 1 amide bonds. The summed E-state index contributed by atoms with van der Waals surface area (Å²) in [5.41, 5.74) is 4.04. The van der Waals surface area contributed by atoms with Crippen LogP contribution in [0.2, 0.25) is 0 Å². The molecule has 0 bridgehead atoms. The zero-order valence-corrected chi connectivity index (χ0v) is 11.3. The number of carbonyl (C=O) groups is 2. The Balaban J connectivity index is 1.71. The summed E-state index contributed by atoms with van der Waals surface area (Å²) in [5.74, 6) is -1.50. The molecule has 6 heteroatoms. The van der Waals surface area contributed by atoms with Crippen LogP contribution in [0, 0.1) is 5.92 Å². The van der Waals surface area contributed by atoms with Crippen molar-refractivity contribution >= 4 is 22.8 Å². The highest BCUT2D eigenvalue weighted by Crippen LogP contribution is 2.16. The maximum absolute atomic E-state index is 12.2. The van der Waals surface area contributed by atoms with Gasteiger partial charge in [-0.25, -0.2) is 5.01 Å². The molecule has 1 aliphatic rings. The lowest BCUT2D eigenvalue weighted by Gasteiger charge is -2.16. The van der Waals surface area contributed by atoms with Gasteiger partial charge in [0.25, 0.3) is 5.91 Å². The summed E-state index contributed by atoms with van der Waals surface area (Å²) in [4.78, 5) is 27.3. The molecule has 1 saturated heterocycles. The van der Waals surface area contributed by atoms with E-state index in [9.17, 15) is 9.59 Å². The van der Waals surface area contributed by atoms with E-state index in [0.29, 0.717) is 25.1 Å². The number of carboxylic acids is 1. The number of aliphatic carboxylic acids is 1. The summed E-state index contributed by atoms with van der Waals surface area (Å²) < 4.78 is 0. The van der Waals surface area contributed by atoms with Crippen molar-refractivity contribution in [3.05, 3.63) is 42.1 Å². The fraction of sp³-hybridized carbons (Fsp3) is 0.267. The van der Waals surface area contributed by atoms with E-state index in [2.05, 4.69) is 10.4 Å². The number of carbonyl (C=O) groups excluding carboxylic acids is 1. The van der Waals surface area contributed by atoms with Crippen molar-refractivity contribution in [3.8, 4) is 0 Å². The Morgan fingerprint density at radius 3 is 2.90 bits per heavy atom. The highest BCUT2D eigenvalue weighted by Gasteiger charge is 2.29. The van der Waals surface area contributed by atoms with Gasteiger partial charge in [0, 0.05) is 24.7 Å². The number of rotatable bonds is 3. The summed E-state index contributed by atoms with van der Waals surface area (Å²) in [6.07, 6.45) is 2.08. The van der Waals surface area contributed by atoms with E-state index >= 15 is 0 Å². The van der Waals surface area contributed by atoms with Crippen molar-refractivity contribution in [2.24, 2.45) is 5.92 Å². The Bertz CT molecular complexity index is 701. The van der Waals surface area contributed by atoms with E-state index < -0.39 is 11.9 Å². The summed E-state index contributed by atoms with van der Waals surface area (Å²) in [6.45, 7) is 0.881. The van der Waals surface area contributed by atoms with Crippen LogP contribution in [0.25, 0.3) is 10.9 Å². The third kappa shape index (κ3) is 2.85. The minimum Gasteiger partial charge on any atom is -0.481 e. The number of para-hydroxylation sites is 1. The van der Waals surface area contributed by atoms with Gasteiger partial charge in [-0.05, 0) is 18.6 Å². The topological polar surface area (TPSA) is 82.5 Å². The first-order valence-corrected chi connectivity index (χ1v) is 6.77. The van der Waals surface area contributed by atoms with Crippen LogP contribution in [-0.4, -0.2) is 40.1 Å². The average molecular weight is 285 g/mol.